The van der Waals surface area contributed by atoms with E-state index in [9.17, 15) is 8.42 Å². The van der Waals surface area contributed by atoms with Crippen LogP contribution in [0.4, 0.5) is 5.69 Å². The molecule has 0 spiro atoms. The molecule has 2 N–H and O–H groups in total. The number of fused-ring (bicyclic) bond motifs is 1. The molecule has 20 heavy (non-hydrogen) atoms. The molecule has 0 bridgehead atoms. The van der Waals surface area contributed by atoms with Crippen molar-refractivity contribution in [2.45, 2.75) is 4.90 Å². The summed E-state index contributed by atoms with van der Waals surface area (Å²) in [6.07, 6.45) is 0. The molecule has 6 heteroatoms. The SMILES string of the molecule is O=S1(=O)NCCNc2ccc(Oc3ccccc3)cc21. The Kier molecular flexibility index (Phi) is 3.33. The Morgan fingerprint density at radius 1 is 0.950 bits per heavy atom. The van der Waals surface area contributed by atoms with Crippen molar-refractivity contribution in [3.05, 3.63) is 48.5 Å². The van der Waals surface area contributed by atoms with Crippen molar-refractivity contribution in [1.82, 2.24) is 4.72 Å². The second-order valence-corrected chi connectivity index (χ2v) is 6.13. The monoisotopic (exact) mass is 290 g/mol. The molecule has 0 amide bonds. The van der Waals surface area contributed by atoms with Crippen LogP contribution < -0.4 is 14.8 Å². The molecule has 0 saturated carbocycles. The summed E-state index contributed by atoms with van der Waals surface area (Å²) in [5.74, 6) is 1.16. The quantitative estimate of drug-likeness (QED) is 0.889. The fourth-order valence-corrected chi connectivity index (χ4v) is 3.25. The molecular formula is C14H14N2O3S. The Hall–Kier alpha value is -2.05. The van der Waals surface area contributed by atoms with Gasteiger partial charge in [0, 0.05) is 19.2 Å². The summed E-state index contributed by atoms with van der Waals surface area (Å²) in [6.45, 7) is 0.928. The zero-order chi connectivity index (χ0) is 14.0. The molecule has 5 nitrogen and oxygen atoms in total. The van der Waals surface area contributed by atoms with E-state index in [0.29, 0.717) is 30.3 Å². The number of sulfonamides is 1. The standard InChI is InChI=1S/C14H14N2O3S/c17-20(18)14-10-12(19-11-4-2-1-3-5-11)6-7-13(14)15-8-9-16-20/h1-7,10,15-16H,8-9H2. The lowest BCUT2D eigenvalue weighted by atomic mass is 10.3. The molecule has 104 valence electrons. The molecule has 2 aromatic rings. The van der Waals surface area contributed by atoms with Crippen LogP contribution in [0, 0.1) is 0 Å². The first-order valence-electron chi connectivity index (χ1n) is 6.26. The van der Waals surface area contributed by atoms with Crippen LogP contribution in [-0.4, -0.2) is 21.5 Å². The number of nitrogens with one attached hydrogen (secondary N) is 2. The summed E-state index contributed by atoms with van der Waals surface area (Å²) in [7, 11) is -3.49. The van der Waals surface area contributed by atoms with Gasteiger partial charge in [0.1, 0.15) is 16.4 Å². The zero-order valence-corrected chi connectivity index (χ0v) is 11.5. The molecule has 0 fully saturated rings. The zero-order valence-electron chi connectivity index (χ0n) is 10.7. The summed E-state index contributed by atoms with van der Waals surface area (Å²) in [5.41, 5.74) is 0.593. The molecule has 1 aliphatic rings. The van der Waals surface area contributed by atoms with Gasteiger partial charge in [-0.05, 0) is 24.3 Å². The molecular weight excluding hydrogens is 276 g/mol. The topological polar surface area (TPSA) is 67.4 Å². The number of hydrogen-bond donors (Lipinski definition) is 2. The predicted octanol–water partition coefficient (Wildman–Crippen LogP) is 2.18. The molecule has 0 radical (unpaired) electrons. The third kappa shape index (κ3) is 2.61. The van der Waals surface area contributed by atoms with E-state index in [1.807, 2.05) is 30.3 Å². The smallest absolute Gasteiger partial charge is 0.242 e. The van der Waals surface area contributed by atoms with Gasteiger partial charge in [-0.3, -0.25) is 0 Å². The second-order valence-electron chi connectivity index (χ2n) is 4.40. The van der Waals surface area contributed by atoms with Gasteiger partial charge in [0.15, 0.2) is 0 Å². The van der Waals surface area contributed by atoms with Gasteiger partial charge in [-0.2, -0.15) is 0 Å². The average molecular weight is 290 g/mol. The summed E-state index contributed by atoms with van der Waals surface area (Å²) in [5, 5.41) is 3.07. The van der Waals surface area contributed by atoms with E-state index in [0.717, 1.165) is 0 Å². The summed E-state index contributed by atoms with van der Waals surface area (Å²) < 4.78 is 32.4. The summed E-state index contributed by atoms with van der Waals surface area (Å²) in [4.78, 5) is 0.212. The van der Waals surface area contributed by atoms with Gasteiger partial charge in [0.25, 0.3) is 0 Å². The van der Waals surface area contributed by atoms with E-state index in [1.165, 1.54) is 6.07 Å². The Labute approximate surface area is 117 Å². The van der Waals surface area contributed by atoms with Gasteiger partial charge in [-0.25, -0.2) is 13.1 Å². The maximum atomic E-state index is 12.1. The fourth-order valence-electron chi connectivity index (χ4n) is 2.02. The van der Waals surface area contributed by atoms with E-state index in [4.69, 9.17) is 4.74 Å². The molecule has 0 aromatic heterocycles. The summed E-state index contributed by atoms with van der Waals surface area (Å²) in [6, 6.07) is 14.2. The maximum absolute atomic E-state index is 12.1. The van der Waals surface area contributed by atoms with Gasteiger partial charge < -0.3 is 10.1 Å². The van der Waals surface area contributed by atoms with E-state index in [-0.39, 0.29) is 4.90 Å². The third-order valence-electron chi connectivity index (χ3n) is 2.95. The second kappa shape index (κ2) is 5.15. The average Bonchev–Trinajstić information content (AvgIpc) is 2.59. The lowest BCUT2D eigenvalue weighted by Gasteiger charge is -2.10. The van der Waals surface area contributed by atoms with Gasteiger partial charge >= 0.3 is 0 Å². The third-order valence-corrected chi connectivity index (χ3v) is 4.45. The van der Waals surface area contributed by atoms with Crippen molar-refractivity contribution >= 4 is 15.7 Å². The molecule has 2 aromatic carbocycles. The van der Waals surface area contributed by atoms with Crippen molar-refractivity contribution in [2.24, 2.45) is 0 Å². The maximum Gasteiger partial charge on any atom is 0.242 e. The van der Waals surface area contributed by atoms with Crippen molar-refractivity contribution in [2.75, 3.05) is 18.4 Å². The van der Waals surface area contributed by atoms with Crippen LogP contribution in [0.5, 0.6) is 11.5 Å². The van der Waals surface area contributed by atoms with Crippen molar-refractivity contribution in [3.63, 3.8) is 0 Å². The lowest BCUT2D eigenvalue weighted by Crippen LogP contribution is -2.25. The Balaban J connectivity index is 1.98. The van der Waals surface area contributed by atoms with Crippen LogP contribution in [0.1, 0.15) is 0 Å². The number of hydrogen-bond acceptors (Lipinski definition) is 4. The molecule has 1 aliphatic heterocycles. The van der Waals surface area contributed by atoms with Crippen LogP contribution in [0.2, 0.25) is 0 Å². The highest BCUT2D eigenvalue weighted by atomic mass is 32.2. The lowest BCUT2D eigenvalue weighted by molar-refractivity contribution is 0.481. The van der Waals surface area contributed by atoms with Crippen LogP contribution >= 0.6 is 0 Å². The highest BCUT2D eigenvalue weighted by Crippen LogP contribution is 2.30. The first-order valence-corrected chi connectivity index (χ1v) is 7.74. The number of ether oxygens (including phenoxy) is 1. The normalized spacial score (nSPS) is 16.6. The van der Waals surface area contributed by atoms with Gasteiger partial charge in [-0.15, -0.1) is 0 Å². The van der Waals surface area contributed by atoms with Gasteiger partial charge in [0.2, 0.25) is 10.0 Å². The van der Waals surface area contributed by atoms with Crippen LogP contribution in [0.25, 0.3) is 0 Å². The first-order chi connectivity index (χ1) is 9.65. The highest BCUT2D eigenvalue weighted by Gasteiger charge is 2.21. The minimum atomic E-state index is -3.49. The molecule has 0 saturated heterocycles. The van der Waals surface area contributed by atoms with E-state index in [1.54, 1.807) is 12.1 Å². The van der Waals surface area contributed by atoms with Gasteiger partial charge in [-0.1, -0.05) is 18.2 Å². The largest absolute Gasteiger partial charge is 0.457 e. The molecule has 1 heterocycles. The Morgan fingerprint density at radius 2 is 1.75 bits per heavy atom. The minimum Gasteiger partial charge on any atom is -0.457 e. The minimum absolute atomic E-state index is 0.212. The highest BCUT2D eigenvalue weighted by molar-refractivity contribution is 7.89. The van der Waals surface area contributed by atoms with Crippen LogP contribution in [0.3, 0.4) is 0 Å². The summed E-state index contributed by atoms with van der Waals surface area (Å²) >= 11 is 0. The van der Waals surface area contributed by atoms with E-state index in [2.05, 4.69) is 10.0 Å². The number of rotatable bonds is 2. The molecule has 0 atom stereocenters. The first kappa shape index (κ1) is 13.0. The number of anilines is 1. The van der Waals surface area contributed by atoms with Gasteiger partial charge in [0.05, 0.1) is 5.69 Å². The number of benzene rings is 2. The van der Waals surface area contributed by atoms with Crippen molar-refractivity contribution in [1.29, 1.82) is 0 Å². The Bertz CT molecular complexity index is 714. The van der Waals surface area contributed by atoms with E-state index < -0.39 is 10.0 Å². The predicted molar refractivity (Wildman–Crippen MR) is 76.6 cm³/mol. The van der Waals surface area contributed by atoms with E-state index >= 15 is 0 Å². The van der Waals surface area contributed by atoms with Crippen LogP contribution in [0.15, 0.2) is 53.4 Å². The van der Waals surface area contributed by atoms with Crippen molar-refractivity contribution in [3.8, 4) is 11.5 Å². The molecule has 0 unspecified atom stereocenters. The molecule has 3 rings (SSSR count). The Morgan fingerprint density at radius 3 is 2.55 bits per heavy atom. The van der Waals surface area contributed by atoms with Crippen molar-refractivity contribution < 1.29 is 13.2 Å². The molecule has 0 aliphatic carbocycles. The van der Waals surface area contributed by atoms with Crippen LogP contribution in [-0.2, 0) is 10.0 Å². The fraction of sp³-hybridized carbons (Fsp3) is 0.143. The number of para-hydroxylation sites is 1.